The lowest BCUT2D eigenvalue weighted by Crippen LogP contribution is -2.49. The van der Waals surface area contributed by atoms with Gasteiger partial charge in [0.2, 0.25) is 0 Å². The van der Waals surface area contributed by atoms with Crippen molar-refractivity contribution in [1.82, 2.24) is 4.90 Å². The smallest absolute Gasteiger partial charge is 0.264 e. The summed E-state index contributed by atoms with van der Waals surface area (Å²) in [7, 11) is 0. The minimum Gasteiger partial charge on any atom is -0.490 e. The molecule has 0 aromatic heterocycles. The number of hydrogen-bond donors (Lipinski definition) is 0. The van der Waals surface area contributed by atoms with Crippen LogP contribution >= 0.6 is 15.9 Å². The molecule has 1 aliphatic heterocycles. The Balaban J connectivity index is 1.30. The fourth-order valence-electron chi connectivity index (χ4n) is 4.84. The Labute approximate surface area is 243 Å². The topological polar surface area (TPSA) is 65.8 Å². The molecule has 5 rings (SSSR count). The highest BCUT2D eigenvalue weighted by Gasteiger charge is 2.24. The monoisotopic (exact) mass is 595 g/mol. The zero-order valence-electron chi connectivity index (χ0n) is 22.3. The van der Waals surface area contributed by atoms with Crippen molar-refractivity contribution in [3.63, 3.8) is 0 Å². The second-order valence-electron chi connectivity index (χ2n) is 9.52. The van der Waals surface area contributed by atoms with Gasteiger partial charge in [-0.15, -0.1) is 0 Å². The van der Waals surface area contributed by atoms with Gasteiger partial charge in [-0.2, -0.15) is 5.26 Å². The van der Waals surface area contributed by atoms with Crippen molar-refractivity contribution in [3.05, 3.63) is 106 Å². The number of para-hydroxylation sites is 1. The molecule has 0 radical (unpaired) electrons. The Morgan fingerprint density at radius 1 is 0.925 bits per heavy atom. The van der Waals surface area contributed by atoms with Gasteiger partial charge < -0.3 is 19.3 Å². The molecule has 0 atom stereocenters. The van der Waals surface area contributed by atoms with Crippen LogP contribution in [0.1, 0.15) is 18.1 Å². The van der Waals surface area contributed by atoms with E-state index in [0.29, 0.717) is 47.8 Å². The van der Waals surface area contributed by atoms with Gasteiger partial charge in [-0.25, -0.2) is 0 Å². The number of amides is 1. The number of benzene rings is 4. The van der Waals surface area contributed by atoms with Crippen LogP contribution in [-0.2, 0) is 11.4 Å². The van der Waals surface area contributed by atoms with Gasteiger partial charge in [0.25, 0.3) is 5.91 Å². The van der Waals surface area contributed by atoms with Crippen molar-refractivity contribution < 1.29 is 14.3 Å². The number of carbonyl (C=O) groups is 1. The van der Waals surface area contributed by atoms with E-state index in [1.54, 1.807) is 11.0 Å². The van der Waals surface area contributed by atoms with E-state index in [1.165, 1.54) is 5.39 Å². The molecule has 4 aromatic rings. The van der Waals surface area contributed by atoms with Crippen molar-refractivity contribution in [2.75, 3.05) is 37.7 Å². The number of anilines is 1. The van der Waals surface area contributed by atoms with Crippen molar-refractivity contribution in [2.45, 2.75) is 13.5 Å². The summed E-state index contributed by atoms with van der Waals surface area (Å²) in [4.78, 5) is 17.2. The van der Waals surface area contributed by atoms with Gasteiger partial charge in [0, 0.05) is 31.9 Å². The molecule has 0 bridgehead atoms. The predicted molar refractivity (Wildman–Crippen MR) is 162 cm³/mol. The minimum absolute atomic E-state index is 0.0901. The molecule has 202 valence electrons. The van der Waals surface area contributed by atoms with Crippen molar-refractivity contribution in [1.29, 1.82) is 5.26 Å². The largest absolute Gasteiger partial charge is 0.490 e. The summed E-state index contributed by atoms with van der Waals surface area (Å²) < 4.78 is 12.8. The average Bonchev–Trinajstić information content (AvgIpc) is 2.99. The zero-order chi connectivity index (χ0) is 27.9. The van der Waals surface area contributed by atoms with E-state index in [4.69, 9.17) is 9.47 Å². The third kappa shape index (κ3) is 6.30. The molecule has 7 heteroatoms. The first-order chi connectivity index (χ1) is 19.6. The molecular formula is C33H30BrN3O3. The first-order valence-electron chi connectivity index (χ1n) is 13.3. The molecule has 0 aliphatic carbocycles. The van der Waals surface area contributed by atoms with Gasteiger partial charge in [0.05, 0.1) is 11.1 Å². The SMILES string of the molecule is CCOc1cc(/C=C(/C#N)C(=O)N2CCN(c3ccccc3)CC2)cc(Br)c1OCc1ccc2ccccc2c1. The third-order valence-electron chi connectivity index (χ3n) is 6.88. The number of fused-ring (bicyclic) bond motifs is 1. The van der Waals surface area contributed by atoms with E-state index < -0.39 is 0 Å². The van der Waals surface area contributed by atoms with Gasteiger partial charge in [0.1, 0.15) is 18.2 Å². The maximum absolute atomic E-state index is 13.2. The number of hydrogen-bond acceptors (Lipinski definition) is 5. The molecule has 40 heavy (non-hydrogen) atoms. The first kappa shape index (κ1) is 27.3. The van der Waals surface area contributed by atoms with Gasteiger partial charge in [-0.1, -0.05) is 54.6 Å². The lowest BCUT2D eigenvalue weighted by atomic mass is 10.1. The van der Waals surface area contributed by atoms with Crippen LogP contribution in [0.2, 0.25) is 0 Å². The van der Waals surface area contributed by atoms with E-state index in [9.17, 15) is 10.1 Å². The first-order valence-corrected chi connectivity index (χ1v) is 14.1. The molecule has 4 aromatic carbocycles. The number of ether oxygens (including phenoxy) is 2. The molecule has 1 aliphatic rings. The number of halogens is 1. The second-order valence-corrected chi connectivity index (χ2v) is 10.4. The number of rotatable bonds is 8. The lowest BCUT2D eigenvalue weighted by Gasteiger charge is -2.36. The van der Waals surface area contributed by atoms with Crippen LogP contribution in [0, 0.1) is 11.3 Å². The molecule has 1 heterocycles. The summed E-state index contributed by atoms with van der Waals surface area (Å²) in [5.74, 6) is 0.861. The van der Waals surface area contributed by atoms with Crippen LogP contribution in [0.4, 0.5) is 5.69 Å². The van der Waals surface area contributed by atoms with Crippen LogP contribution < -0.4 is 14.4 Å². The molecule has 6 nitrogen and oxygen atoms in total. The minimum atomic E-state index is -0.263. The van der Waals surface area contributed by atoms with Crippen molar-refractivity contribution in [2.24, 2.45) is 0 Å². The Kier molecular flexibility index (Phi) is 8.68. The van der Waals surface area contributed by atoms with Crippen LogP contribution in [0.25, 0.3) is 16.8 Å². The normalized spacial score (nSPS) is 13.7. The Bertz CT molecular complexity index is 1570. The predicted octanol–water partition coefficient (Wildman–Crippen LogP) is 6.84. The Morgan fingerprint density at radius 2 is 1.65 bits per heavy atom. The highest BCUT2D eigenvalue weighted by atomic mass is 79.9. The molecule has 1 amide bonds. The van der Waals surface area contributed by atoms with Crippen LogP contribution in [-0.4, -0.2) is 43.6 Å². The summed E-state index contributed by atoms with van der Waals surface area (Å²) in [6, 6.07) is 30.4. The quantitative estimate of drug-likeness (QED) is 0.165. The van der Waals surface area contributed by atoms with E-state index >= 15 is 0 Å². The highest BCUT2D eigenvalue weighted by molar-refractivity contribution is 9.10. The van der Waals surface area contributed by atoms with Crippen LogP contribution in [0.5, 0.6) is 11.5 Å². The summed E-state index contributed by atoms with van der Waals surface area (Å²) >= 11 is 3.62. The van der Waals surface area contributed by atoms with E-state index in [2.05, 4.69) is 69.4 Å². The maximum Gasteiger partial charge on any atom is 0.264 e. The number of piperazine rings is 1. The van der Waals surface area contributed by atoms with E-state index in [-0.39, 0.29) is 11.5 Å². The Morgan fingerprint density at radius 3 is 2.38 bits per heavy atom. The van der Waals surface area contributed by atoms with Crippen LogP contribution in [0.15, 0.2) is 95.0 Å². The molecule has 1 saturated heterocycles. The number of carbonyl (C=O) groups excluding carboxylic acids is 1. The number of nitrogens with zero attached hydrogens (tertiary/aromatic N) is 3. The molecule has 0 unspecified atom stereocenters. The molecule has 1 fully saturated rings. The zero-order valence-corrected chi connectivity index (χ0v) is 23.9. The number of nitriles is 1. The van der Waals surface area contributed by atoms with Crippen molar-refractivity contribution >= 4 is 44.4 Å². The fraction of sp³-hybridized carbons (Fsp3) is 0.212. The molecular weight excluding hydrogens is 566 g/mol. The average molecular weight is 597 g/mol. The highest BCUT2D eigenvalue weighted by Crippen LogP contribution is 2.38. The van der Waals surface area contributed by atoms with E-state index in [1.807, 2.05) is 49.4 Å². The van der Waals surface area contributed by atoms with Gasteiger partial charge in [-0.3, -0.25) is 4.79 Å². The lowest BCUT2D eigenvalue weighted by molar-refractivity contribution is -0.126. The maximum atomic E-state index is 13.2. The molecule has 0 spiro atoms. The third-order valence-corrected chi connectivity index (χ3v) is 7.47. The van der Waals surface area contributed by atoms with Crippen molar-refractivity contribution in [3.8, 4) is 17.6 Å². The Hall–Kier alpha value is -4.28. The summed E-state index contributed by atoms with van der Waals surface area (Å²) in [5.41, 5.74) is 2.96. The second kappa shape index (κ2) is 12.7. The van der Waals surface area contributed by atoms with Gasteiger partial charge in [-0.05, 0) is 81.2 Å². The van der Waals surface area contributed by atoms with Gasteiger partial charge in [0.15, 0.2) is 11.5 Å². The van der Waals surface area contributed by atoms with E-state index in [0.717, 1.165) is 29.7 Å². The molecule has 0 saturated carbocycles. The molecule has 0 N–H and O–H groups in total. The standard InChI is InChI=1S/C33H30BrN3O3/c1-2-39-31-21-25(20-30(34)32(31)40-23-24-12-13-26-8-6-7-9-27(26)18-24)19-28(22-35)33(38)37-16-14-36(15-17-37)29-10-4-3-5-11-29/h3-13,18-21H,2,14-17,23H2,1H3/b28-19-. The summed E-state index contributed by atoms with van der Waals surface area (Å²) in [6.07, 6.45) is 1.62. The van der Waals surface area contributed by atoms with Crippen LogP contribution in [0.3, 0.4) is 0 Å². The fourth-order valence-corrected chi connectivity index (χ4v) is 5.42. The summed E-state index contributed by atoms with van der Waals surface area (Å²) in [6.45, 7) is 5.28. The summed E-state index contributed by atoms with van der Waals surface area (Å²) in [5, 5.41) is 12.2. The van der Waals surface area contributed by atoms with Gasteiger partial charge >= 0.3 is 0 Å².